The number of hydrogen-bond donors (Lipinski definition) is 0. The zero-order valence-electron chi connectivity index (χ0n) is 8.86. The van der Waals surface area contributed by atoms with Gasteiger partial charge in [0.25, 0.3) is 0 Å². The van der Waals surface area contributed by atoms with Crippen molar-refractivity contribution in [1.82, 2.24) is 4.90 Å². The number of rotatable bonds is 2. The predicted molar refractivity (Wildman–Crippen MR) is 51.4 cm³/mol. The fourth-order valence-corrected chi connectivity index (χ4v) is 1.55. The second kappa shape index (κ2) is 4.43. The van der Waals surface area contributed by atoms with E-state index in [1.165, 1.54) is 4.90 Å². The summed E-state index contributed by atoms with van der Waals surface area (Å²) in [7, 11) is 1.67. The molecule has 1 rings (SSSR count). The minimum atomic E-state index is -0.363. The van der Waals surface area contributed by atoms with Crippen LogP contribution >= 0.6 is 0 Å². The molecule has 0 saturated carbocycles. The Morgan fingerprint density at radius 1 is 1.71 bits per heavy atom. The Kier molecular flexibility index (Phi) is 3.48. The van der Waals surface area contributed by atoms with Gasteiger partial charge < -0.3 is 9.64 Å². The topological polar surface area (TPSA) is 53.3 Å². The van der Waals surface area contributed by atoms with Gasteiger partial charge in [-0.1, -0.05) is 0 Å². The van der Waals surface area contributed by atoms with Crippen molar-refractivity contribution in [2.24, 2.45) is 5.92 Å². The van der Waals surface area contributed by atoms with Crippen LogP contribution in [-0.4, -0.2) is 36.6 Å². The van der Waals surface area contributed by atoms with Crippen molar-refractivity contribution in [2.45, 2.75) is 32.4 Å². The van der Waals surface area contributed by atoms with Crippen LogP contribution in [0.5, 0.6) is 0 Å². The minimum Gasteiger partial charge on any atom is -0.378 e. The number of amides is 1. The smallest absolute Gasteiger partial charge is 0.228 e. The maximum Gasteiger partial charge on any atom is 0.228 e. The summed E-state index contributed by atoms with van der Waals surface area (Å²) in [6, 6.07) is 1.68. The van der Waals surface area contributed by atoms with E-state index in [1.807, 2.05) is 13.0 Å². The molecule has 4 nitrogen and oxygen atoms in total. The third-order valence-electron chi connectivity index (χ3n) is 2.66. The van der Waals surface area contributed by atoms with E-state index in [0.29, 0.717) is 6.61 Å². The average molecular weight is 196 g/mol. The predicted octanol–water partition coefficient (Wildman–Crippen LogP) is 0.782. The lowest BCUT2D eigenvalue weighted by Crippen LogP contribution is -2.38. The van der Waals surface area contributed by atoms with Crippen LogP contribution in [0.2, 0.25) is 0 Å². The van der Waals surface area contributed by atoms with Crippen molar-refractivity contribution in [3.05, 3.63) is 0 Å². The Bertz CT molecular complexity index is 259. The van der Waals surface area contributed by atoms with E-state index in [0.717, 1.165) is 6.42 Å². The second-order valence-corrected chi connectivity index (χ2v) is 3.83. The monoisotopic (exact) mass is 196 g/mol. The summed E-state index contributed by atoms with van der Waals surface area (Å²) in [6.07, 6.45) is 0.927. The number of carbonyl (C=O) groups is 1. The first-order valence-electron chi connectivity index (χ1n) is 4.84. The maximum atomic E-state index is 11.8. The molecule has 0 aromatic carbocycles. The van der Waals surface area contributed by atoms with Gasteiger partial charge in [-0.3, -0.25) is 4.79 Å². The van der Waals surface area contributed by atoms with E-state index < -0.39 is 0 Å². The summed E-state index contributed by atoms with van der Waals surface area (Å²) in [5.74, 6) is -0.0470. The summed E-state index contributed by atoms with van der Waals surface area (Å²) in [5, 5.41) is 8.67. The number of carbonyl (C=O) groups excluding carboxylic acids is 1. The van der Waals surface area contributed by atoms with Gasteiger partial charge in [0.1, 0.15) is 6.04 Å². The van der Waals surface area contributed by atoms with Crippen LogP contribution in [-0.2, 0) is 9.53 Å². The number of ether oxygens (including phenoxy) is 1. The van der Waals surface area contributed by atoms with Crippen LogP contribution in [0.1, 0.15) is 20.3 Å². The molecule has 0 aromatic rings. The number of nitriles is 1. The molecule has 1 aliphatic heterocycles. The lowest BCUT2D eigenvalue weighted by molar-refractivity contribution is -0.135. The van der Waals surface area contributed by atoms with Gasteiger partial charge >= 0.3 is 0 Å². The van der Waals surface area contributed by atoms with E-state index >= 15 is 0 Å². The number of hydrogen-bond acceptors (Lipinski definition) is 3. The Morgan fingerprint density at radius 2 is 2.36 bits per heavy atom. The quantitative estimate of drug-likeness (QED) is 0.656. The summed E-state index contributed by atoms with van der Waals surface area (Å²) >= 11 is 0. The molecule has 0 aliphatic carbocycles. The van der Waals surface area contributed by atoms with Crippen LogP contribution in [0.25, 0.3) is 0 Å². The van der Waals surface area contributed by atoms with E-state index in [1.54, 1.807) is 14.0 Å². The van der Waals surface area contributed by atoms with E-state index in [-0.39, 0.29) is 24.0 Å². The molecule has 1 amide bonds. The average Bonchev–Trinajstić information content (AvgIpc) is 2.61. The molecule has 3 atom stereocenters. The zero-order chi connectivity index (χ0) is 10.7. The summed E-state index contributed by atoms with van der Waals surface area (Å²) < 4.78 is 5.32. The Morgan fingerprint density at radius 3 is 2.79 bits per heavy atom. The Hall–Kier alpha value is -1.08. The van der Waals surface area contributed by atoms with Crippen LogP contribution < -0.4 is 0 Å². The second-order valence-electron chi connectivity index (χ2n) is 3.83. The molecule has 4 heteroatoms. The normalized spacial score (nSPS) is 28.1. The van der Waals surface area contributed by atoms with Gasteiger partial charge in [-0.05, 0) is 20.3 Å². The molecule has 78 valence electrons. The largest absolute Gasteiger partial charge is 0.378 e. The highest BCUT2D eigenvalue weighted by molar-refractivity contribution is 5.79. The van der Waals surface area contributed by atoms with E-state index in [9.17, 15) is 4.79 Å². The first-order valence-corrected chi connectivity index (χ1v) is 4.84. The molecule has 14 heavy (non-hydrogen) atoms. The van der Waals surface area contributed by atoms with Gasteiger partial charge in [-0.15, -0.1) is 0 Å². The highest BCUT2D eigenvalue weighted by atomic mass is 16.5. The molecule has 1 saturated heterocycles. The fraction of sp³-hybridized carbons (Fsp3) is 0.800. The summed E-state index contributed by atoms with van der Waals surface area (Å²) in [6.45, 7) is 4.17. The van der Waals surface area contributed by atoms with E-state index in [2.05, 4.69) is 0 Å². The minimum absolute atomic E-state index is 0.0170. The standard InChI is InChI=1S/C10H16N2O2/c1-7(5-11)12(3)10(13)9-4-8(2)14-6-9/h7-9H,4,6H2,1-3H3. The van der Waals surface area contributed by atoms with Gasteiger partial charge in [0.05, 0.1) is 24.7 Å². The molecule has 0 aromatic heterocycles. The van der Waals surface area contributed by atoms with Crippen molar-refractivity contribution >= 4 is 5.91 Å². The van der Waals surface area contributed by atoms with Gasteiger partial charge in [-0.2, -0.15) is 5.26 Å². The van der Waals surface area contributed by atoms with Gasteiger partial charge in [0.15, 0.2) is 0 Å². The van der Waals surface area contributed by atoms with Gasteiger partial charge in [-0.25, -0.2) is 0 Å². The SMILES string of the molecule is CC1CC(C(=O)N(C)C(C)C#N)CO1. The molecule has 1 fully saturated rings. The third-order valence-corrected chi connectivity index (χ3v) is 2.66. The molecule has 3 unspecified atom stereocenters. The lowest BCUT2D eigenvalue weighted by atomic mass is 10.0. The number of nitrogens with zero attached hydrogens (tertiary/aromatic N) is 2. The van der Waals surface area contributed by atoms with Crippen LogP contribution in [0.15, 0.2) is 0 Å². The van der Waals surface area contributed by atoms with Crippen molar-refractivity contribution in [3.8, 4) is 6.07 Å². The van der Waals surface area contributed by atoms with Crippen molar-refractivity contribution in [3.63, 3.8) is 0 Å². The summed E-state index contributed by atoms with van der Waals surface area (Å²) in [4.78, 5) is 13.3. The van der Waals surface area contributed by atoms with Crippen LogP contribution in [0.4, 0.5) is 0 Å². The molecule has 1 heterocycles. The van der Waals surface area contributed by atoms with Gasteiger partial charge in [0.2, 0.25) is 5.91 Å². The molecular weight excluding hydrogens is 180 g/mol. The molecule has 0 radical (unpaired) electrons. The van der Waals surface area contributed by atoms with Gasteiger partial charge in [0, 0.05) is 7.05 Å². The zero-order valence-corrected chi connectivity index (χ0v) is 8.86. The Balaban J connectivity index is 2.53. The maximum absolute atomic E-state index is 11.8. The first kappa shape index (κ1) is 11.0. The molecule has 1 aliphatic rings. The highest BCUT2D eigenvalue weighted by Gasteiger charge is 2.31. The van der Waals surface area contributed by atoms with Crippen molar-refractivity contribution < 1.29 is 9.53 Å². The lowest BCUT2D eigenvalue weighted by Gasteiger charge is -2.22. The molecular formula is C10H16N2O2. The van der Waals surface area contributed by atoms with E-state index in [4.69, 9.17) is 10.00 Å². The van der Waals surface area contributed by atoms with Crippen molar-refractivity contribution in [1.29, 1.82) is 5.26 Å². The van der Waals surface area contributed by atoms with Crippen molar-refractivity contribution in [2.75, 3.05) is 13.7 Å². The highest BCUT2D eigenvalue weighted by Crippen LogP contribution is 2.21. The third kappa shape index (κ3) is 2.24. The first-order chi connectivity index (χ1) is 6.56. The van der Waals surface area contributed by atoms with Crippen LogP contribution in [0.3, 0.4) is 0 Å². The molecule has 0 bridgehead atoms. The summed E-state index contributed by atoms with van der Waals surface area (Å²) in [5.41, 5.74) is 0. The Labute approximate surface area is 84.4 Å². The van der Waals surface area contributed by atoms with Crippen LogP contribution in [0, 0.1) is 17.2 Å². The molecule has 0 spiro atoms. The molecule has 0 N–H and O–H groups in total. The fourth-order valence-electron chi connectivity index (χ4n) is 1.55.